The van der Waals surface area contributed by atoms with Crippen LogP contribution in [0.15, 0.2) is 27.1 Å². The highest BCUT2D eigenvalue weighted by atomic mass is 79.9. The van der Waals surface area contributed by atoms with E-state index in [-0.39, 0.29) is 0 Å². The summed E-state index contributed by atoms with van der Waals surface area (Å²) in [6.45, 7) is 1.77. The van der Waals surface area contributed by atoms with E-state index in [1.54, 1.807) is 0 Å². The second-order valence-corrected chi connectivity index (χ2v) is 6.77. The van der Waals surface area contributed by atoms with Crippen molar-refractivity contribution in [1.82, 2.24) is 0 Å². The van der Waals surface area contributed by atoms with Gasteiger partial charge in [-0.1, -0.05) is 47.8 Å². The van der Waals surface area contributed by atoms with E-state index in [2.05, 4.69) is 66.0 Å². The van der Waals surface area contributed by atoms with Gasteiger partial charge >= 0.3 is 0 Å². The zero-order chi connectivity index (χ0) is 11.5. The lowest BCUT2D eigenvalue weighted by Gasteiger charge is -2.27. The van der Waals surface area contributed by atoms with Crippen LogP contribution >= 0.6 is 47.8 Å². The summed E-state index contributed by atoms with van der Waals surface area (Å²) in [4.78, 5) is 0.406. The van der Waals surface area contributed by atoms with Gasteiger partial charge in [0.1, 0.15) is 0 Å². The van der Waals surface area contributed by atoms with Crippen LogP contribution in [-0.4, -0.2) is 13.2 Å². The third-order valence-electron chi connectivity index (χ3n) is 2.93. The van der Waals surface area contributed by atoms with Crippen molar-refractivity contribution < 1.29 is 4.74 Å². The van der Waals surface area contributed by atoms with Crippen molar-refractivity contribution in [2.24, 2.45) is 5.92 Å². The number of halogens is 3. The topological polar surface area (TPSA) is 9.23 Å². The van der Waals surface area contributed by atoms with Crippen LogP contribution < -0.4 is 0 Å². The summed E-state index contributed by atoms with van der Waals surface area (Å²) in [7, 11) is 0. The Morgan fingerprint density at radius 1 is 1.19 bits per heavy atom. The number of alkyl halides is 1. The lowest BCUT2D eigenvalue weighted by molar-refractivity contribution is 0.0661. The van der Waals surface area contributed by atoms with Crippen LogP contribution in [0.25, 0.3) is 0 Å². The Morgan fingerprint density at radius 3 is 2.56 bits per heavy atom. The number of ether oxygens (including phenoxy) is 1. The van der Waals surface area contributed by atoms with Gasteiger partial charge < -0.3 is 4.74 Å². The molecule has 1 atom stereocenters. The lowest BCUT2D eigenvalue weighted by atomic mass is 9.92. The second-order valence-electron chi connectivity index (χ2n) is 4.02. The summed E-state index contributed by atoms with van der Waals surface area (Å²) in [6, 6.07) is 6.32. The van der Waals surface area contributed by atoms with E-state index in [4.69, 9.17) is 4.74 Å². The molecule has 1 heterocycles. The van der Waals surface area contributed by atoms with Crippen molar-refractivity contribution in [2.75, 3.05) is 13.2 Å². The first kappa shape index (κ1) is 13.1. The number of hydrogen-bond donors (Lipinski definition) is 0. The van der Waals surface area contributed by atoms with Gasteiger partial charge in [-0.2, -0.15) is 0 Å². The van der Waals surface area contributed by atoms with Crippen molar-refractivity contribution in [1.29, 1.82) is 0 Å². The van der Waals surface area contributed by atoms with Gasteiger partial charge in [0.15, 0.2) is 0 Å². The average Bonchev–Trinajstić information content (AvgIpc) is 2.32. The highest BCUT2D eigenvalue weighted by molar-refractivity contribution is 9.11. The average molecular weight is 413 g/mol. The molecule has 1 nitrogen and oxygen atoms in total. The third-order valence-corrected chi connectivity index (χ3v) is 5.39. The Labute approximate surface area is 121 Å². The molecule has 0 radical (unpaired) electrons. The minimum absolute atomic E-state index is 0.406. The van der Waals surface area contributed by atoms with Crippen LogP contribution in [0.3, 0.4) is 0 Å². The Balaban J connectivity index is 2.18. The summed E-state index contributed by atoms with van der Waals surface area (Å²) in [5.41, 5.74) is 1.32. The molecule has 1 aromatic rings. The molecule has 1 fully saturated rings. The third kappa shape index (κ3) is 3.09. The normalized spacial score (nSPS) is 19.7. The Hall–Kier alpha value is 0.620. The SMILES string of the molecule is Brc1ccc(Br)c(C(Br)C2CCOCC2)c1. The van der Waals surface area contributed by atoms with Crippen molar-refractivity contribution >= 4 is 47.8 Å². The van der Waals surface area contributed by atoms with Gasteiger partial charge in [0.05, 0.1) is 0 Å². The molecule has 0 spiro atoms. The second kappa shape index (κ2) is 5.98. The van der Waals surface area contributed by atoms with Gasteiger partial charge in [0.2, 0.25) is 0 Å². The van der Waals surface area contributed by atoms with Crippen LogP contribution in [0.4, 0.5) is 0 Å². The fourth-order valence-corrected chi connectivity index (χ4v) is 4.08. The van der Waals surface area contributed by atoms with Crippen molar-refractivity contribution in [3.05, 3.63) is 32.7 Å². The van der Waals surface area contributed by atoms with Gasteiger partial charge in [-0.3, -0.25) is 0 Å². The zero-order valence-electron chi connectivity index (χ0n) is 8.76. The summed E-state index contributed by atoms with van der Waals surface area (Å²) in [6.07, 6.45) is 2.27. The molecule has 16 heavy (non-hydrogen) atoms. The number of benzene rings is 1. The molecule has 88 valence electrons. The van der Waals surface area contributed by atoms with Crippen LogP contribution in [0.2, 0.25) is 0 Å². The van der Waals surface area contributed by atoms with E-state index < -0.39 is 0 Å². The minimum Gasteiger partial charge on any atom is -0.381 e. The molecule has 1 aliphatic heterocycles. The van der Waals surface area contributed by atoms with Crippen LogP contribution in [0.1, 0.15) is 23.2 Å². The molecule has 0 aromatic heterocycles. The number of hydrogen-bond acceptors (Lipinski definition) is 1. The van der Waals surface area contributed by atoms with E-state index >= 15 is 0 Å². The largest absolute Gasteiger partial charge is 0.381 e. The molecule has 0 saturated carbocycles. The molecule has 0 bridgehead atoms. The molecule has 0 amide bonds. The number of rotatable bonds is 2. The molecule has 1 aromatic carbocycles. The standard InChI is InChI=1S/C12H13Br3O/c13-9-1-2-11(14)10(7-9)12(15)8-3-5-16-6-4-8/h1-2,7-8,12H,3-6H2. The van der Waals surface area contributed by atoms with E-state index in [0.29, 0.717) is 10.7 Å². The van der Waals surface area contributed by atoms with Gasteiger partial charge in [-0.15, -0.1) is 0 Å². The minimum atomic E-state index is 0.406. The van der Waals surface area contributed by atoms with Gasteiger partial charge in [-0.25, -0.2) is 0 Å². The molecular formula is C12H13Br3O. The van der Waals surface area contributed by atoms with Crippen LogP contribution in [-0.2, 0) is 4.74 Å². The molecule has 0 aliphatic carbocycles. The first-order chi connectivity index (χ1) is 7.68. The maximum absolute atomic E-state index is 5.40. The van der Waals surface area contributed by atoms with E-state index in [9.17, 15) is 0 Å². The maximum Gasteiger partial charge on any atom is 0.0469 e. The zero-order valence-corrected chi connectivity index (χ0v) is 13.5. The Bertz CT molecular complexity index is 361. The Morgan fingerprint density at radius 2 is 1.88 bits per heavy atom. The summed E-state index contributed by atoms with van der Waals surface area (Å²) < 4.78 is 7.70. The smallest absolute Gasteiger partial charge is 0.0469 e. The lowest BCUT2D eigenvalue weighted by Crippen LogP contribution is -2.19. The van der Waals surface area contributed by atoms with Crippen molar-refractivity contribution in [2.45, 2.75) is 17.7 Å². The highest BCUT2D eigenvalue weighted by Crippen LogP contribution is 2.40. The molecule has 0 N–H and O–H groups in total. The molecule has 2 rings (SSSR count). The first-order valence-corrected chi connectivity index (χ1v) is 7.85. The predicted molar refractivity (Wildman–Crippen MR) is 77.1 cm³/mol. The molecule has 1 unspecified atom stereocenters. The summed E-state index contributed by atoms with van der Waals surface area (Å²) >= 11 is 11.0. The molecular weight excluding hydrogens is 400 g/mol. The summed E-state index contributed by atoms with van der Waals surface area (Å²) in [5.74, 6) is 0.666. The quantitative estimate of drug-likeness (QED) is 0.616. The highest BCUT2D eigenvalue weighted by Gasteiger charge is 2.24. The van der Waals surface area contributed by atoms with Crippen molar-refractivity contribution in [3.8, 4) is 0 Å². The Kier molecular flexibility index (Phi) is 4.89. The van der Waals surface area contributed by atoms with Crippen molar-refractivity contribution in [3.63, 3.8) is 0 Å². The van der Waals surface area contributed by atoms with E-state index in [0.717, 1.165) is 30.5 Å². The predicted octanol–water partition coefficient (Wildman–Crippen LogP) is 5.07. The fourth-order valence-electron chi connectivity index (χ4n) is 1.99. The van der Waals surface area contributed by atoms with E-state index in [1.165, 1.54) is 10.0 Å². The maximum atomic E-state index is 5.40. The van der Waals surface area contributed by atoms with Crippen LogP contribution in [0.5, 0.6) is 0 Å². The van der Waals surface area contributed by atoms with Gasteiger partial charge in [0.25, 0.3) is 0 Å². The molecule has 4 heteroatoms. The molecule has 1 aliphatic rings. The van der Waals surface area contributed by atoms with E-state index in [1.807, 2.05) is 0 Å². The van der Waals surface area contributed by atoms with Gasteiger partial charge in [-0.05, 0) is 42.5 Å². The van der Waals surface area contributed by atoms with Gasteiger partial charge in [0, 0.05) is 27.0 Å². The monoisotopic (exact) mass is 410 g/mol. The molecule has 1 saturated heterocycles. The first-order valence-electron chi connectivity index (χ1n) is 5.35. The van der Waals surface area contributed by atoms with Crippen LogP contribution in [0, 0.1) is 5.92 Å². The fraction of sp³-hybridized carbons (Fsp3) is 0.500. The summed E-state index contributed by atoms with van der Waals surface area (Å²) in [5, 5.41) is 0.